The molecule has 2 atom stereocenters. The minimum Gasteiger partial charge on any atom is -0.772 e. The largest absolute Gasteiger partial charge is 0.772 e. The molecule has 0 aromatic heterocycles. The molecule has 1 aromatic rings. The summed E-state index contributed by atoms with van der Waals surface area (Å²) < 4.78 is 21.0. The standard InChI is InChI=1S/C10H13NO3S/c1-8(15(13)14)7-11-10(12)9-5-3-2-4-6-9/h2-6,8H,7H2,1H3,(H,11,12)(H,13,14)/p-1. The summed E-state index contributed by atoms with van der Waals surface area (Å²) in [6.07, 6.45) is 0. The number of hydrogen-bond acceptors (Lipinski definition) is 3. The normalized spacial score (nSPS) is 14.3. The van der Waals surface area contributed by atoms with E-state index < -0.39 is 16.3 Å². The minimum atomic E-state index is -2.15. The van der Waals surface area contributed by atoms with Gasteiger partial charge in [0.2, 0.25) is 0 Å². The van der Waals surface area contributed by atoms with Crippen molar-refractivity contribution in [1.82, 2.24) is 5.32 Å². The summed E-state index contributed by atoms with van der Waals surface area (Å²) in [5.41, 5.74) is 0.529. The topological polar surface area (TPSA) is 69.2 Å². The number of nitrogens with one attached hydrogen (secondary N) is 1. The summed E-state index contributed by atoms with van der Waals surface area (Å²) in [5.74, 6) is -0.257. The molecule has 0 bridgehead atoms. The summed E-state index contributed by atoms with van der Waals surface area (Å²) >= 11 is -2.15. The number of amides is 1. The molecule has 1 amide bonds. The highest BCUT2D eigenvalue weighted by atomic mass is 32.2. The van der Waals surface area contributed by atoms with Crippen LogP contribution in [0.15, 0.2) is 30.3 Å². The Morgan fingerprint density at radius 3 is 2.60 bits per heavy atom. The molecule has 0 fully saturated rings. The van der Waals surface area contributed by atoms with Gasteiger partial charge in [0.1, 0.15) is 0 Å². The molecular formula is C10H12NO3S-. The van der Waals surface area contributed by atoms with Crippen LogP contribution in [0.1, 0.15) is 17.3 Å². The van der Waals surface area contributed by atoms with E-state index in [1.807, 2.05) is 6.07 Å². The van der Waals surface area contributed by atoms with Crippen molar-refractivity contribution in [3.63, 3.8) is 0 Å². The van der Waals surface area contributed by atoms with Gasteiger partial charge >= 0.3 is 0 Å². The Hall–Kier alpha value is -1.20. The van der Waals surface area contributed by atoms with Crippen molar-refractivity contribution in [2.45, 2.75) is 12.2 Å². The fourth-order valence-electron chi connectivity index (χ4n) is 0.996. The predicted octanol–water partition coefficient (Wildman–Crippen LogP) is 0.684. The van der Waals surface area contributed by atoms with E-state index in [-0.39, 0.29) is 12.5 Å². The van der Waals surface area contributed by atoms with Crippen LogP contribution in [0.5, 0.6) is 0 Å². The second-order valence-electron chi connectivity index (χ2n) is 3.15. The Labute approximate surface area is 91.0 Å². The molecule has 4 nitrogen and oxygen atoms in total. The zero-order valence-electron chi connectivity index (χ0n) is 8.30. The van der Waals surface area contributed by atoms with Gasteiger partial charge < -0.3 is 9.87 Å². The predicted molar refractivity (Wildman–Crippen MR) is 57.2 cm³/mol. The summed E-state index contributed by atoms with van der Waals surface area (Å²) in [4.78, 5) is 11.5. The van der Waals surface area contributed by atoms with E-state index >= 15 is 0 Å². The van der Waals surface area contributed by atoms with Crippen LogP contribution < -0.4 is 5.32 Å². The van der Waals surface area contributed by atoms with Crippen molar-refractivity contribution < 1.29 is 13.6 Å². The zero-order chi connectivity index (χ0) is 11.3. The number of carbonyl (C=O) groups is 1. The van der Waals surface area contributed by atoms with Gasteiger partial charge in [0, 0.05) is 17.4 Å². The van der Waals surface area contributed by atoms with Gasteiger partial charge in [-0.3, -0.25) is 9.00 Å². The van der Waals surface area contributed by atoms with Gasteiger partial charge in [0.25, 0.3) is 5.91 Å². The SMILES string of the molecule is CC(CNC(=O)c1ccccc1)S(=O)[O-]. The Morgan fingerprint density at radius 1 is 1.47 bits per heavy atom. The Balaban J connectivity index is 2.47. The second-order valence-corrected chi connectivity index (χ2v) is 4.47. The third-order valence-electron chi connectivity index (χ3n) is 1.91. The van der Waals surface area contributed by atoms with E-state index in [0.717, 1.165) is 0 Å². The maximum atomic E-state index is 11.5. The molecule has 0 aliphatic rings. The molecule has 1 N–H and O–H groups in total. The number of benzene rings is 1. The molecule has 0 saturated heterocycles. The first-order chi connectivity index (χ1) is 7.11. The van der Waals surface area contributed by atoms with Gasteiger partial charge in [0.05, 0.1) is 0 Å². The van der Waals surface area contributed by atoms with Crippen LogP contribution in [0, 0.1) is 0 Å². The molecule has 5 heteroatoms. The lowest BCUT2D eigenvalue weighted by atomic mass is 10.2. The third-order valence-corrected chi connectivity index (χ3v) is 2.74. The molecule has 1 aromatic carbocycles. The molecule has 0 aliphatic heterocycles. The molecule has 0 radical (unpaired) electrons. The molecule has 15 heavy (non-hydrogen) atoms. The van der Waals surface area contributed by atoms with E-state index in [1.165, 1.54) is 6.92 Å². The van der Waals surface area contributed by atoms with E-state index in [0.29, 0.717) is 5.56 Å². The molecular weight excluding hydrogens is 214 g/mol. The average Bonchev–Trinajstić information content (AvgIpc) is 2.26. The summed E-state index contributed by atoms with van der Waals surface area (Å²) in [6, 6.07) is 8.67. The second kappa shape index (κ2) is 5.63. The Bertz CT molecular complexity index is 353. The average molecular weight is 226 g/mol. The first kappa shape index (κ1) is 11.9. The van der Waals surface area contributed by atoms with Crippen molar-refractivity contribution in [3.05, 3.63) is 35.9 Å². The highest BCUT2D eigenvalue weighted by Gasteiger charge is 2.06. The number of hydrogen-bond donors (Lipinski definition) is 1. The fraction of sp³-hybridized carbons (Fsp3) is 0.300. The van der Waals surface area contributed by atoms with Crippen molar-refractivity contribution in [3.8, 4) is 0 Å². The van der Waals surface area contributed by atoms with Gasteiger partial charge in [0.15, 0.2) is 0 Å². The van der Waals surface area contributed by atoms with E-state index in [4.69, 9.17) is 0 Å². The monoisotopic (exact) mass is 226 g/mol. The van der Waals surface area contributed by atoms with Crippen LogP contribution in [0.3, 0.4) is 0 Å². The van der Waals surface area contributed by atoms with Crippen LogP contribution >= 0.6 is 0 Å². The lowest BCUT2D eigenvalue weighted by molar-refractivity contribution is 0.0954. The Kier molecular flexibility index (Phi) is 4.45. The summed E-state index contributed by atoms with van der Waals surface area (Å²) in [5, 5.41) is 1.98. The van der Waals surface area contributed by atoms with Crippen molar-refractivity contribution in [2.24, 2.45) is 0 Å². The molecule has 82 valence electrons. The molecule has 0 aliphatic carbocycles. The quantitative estimate of drug-likeness (QED) is 0.768. The van der Waals surface area contributed by atoms with Crippen LogP contribution in [0.25, 0.3) is 0 Å². The highest BCUT2D eigenvalue weighted by molar-refractivity contribution is 7.79. The number of rotatable bonds is 4. The summed E-state index contributed by atoms with van der Waals surface area (Å²) in [6.45, 7) is 1.66. The lowest BCUT2D eigenvalue weighted by Crippen LogP contribution is -2.32. The molecule has 0 heterocycles. The maximum Gasteiger partial charge on any atom is 0.251 e. The van der Waals surface area contributed by atoms with E-state index in [2.05, 4.69) is 5.32 Å². The van der Waals surface area contributed by atoms with Gasteiger partial charge in [-0.25, -0.2) is 0 Å². The van der Waals surface area contributed by atoms with Gasteiger partial charge in [-0.15, -0.1) is 0 Å². The molecule has 0 saturated carbocycles. The molecule has 1 rings (SSSR count). The van der Waals surface area contributed by atoms with Crippen LogP contribution in [-0.4, -0.2) is 26.5 Å². The zero-order valence-corrected chi connectivity index (χ0v) is 9.12. The molecule has 2 unspecified atom stereocenters. The van der Waals surface area contributed by atoms with Gasteiger partial charge in [-0.1, -0.05) is 36.2 Å². The van der Waals surface area contributed by atoms with E-state index in [9.17, 15) is 13.6 Å². The smallest absolute Gasteiger partial charge is 0.251 e. The van der Waals surface area contributed by atoms with Crippen LogP contribution in [-0.2, 0) is 11.1 Å². The highest BCUT2D eigenvalue weighted by Crippen LogP contribution is 1.98. The third kappa shape index (κ3) is 3.81. The Morgan fingerprint density at radius 2 is 2.07 bits per heavy atom. The summed E-state index contributed by atoms with van der Waals surface area (Å²) in [7, 11) is 0. The first-order valence-electron chi connectivity index (χ1n) is 4.52. The minimum absolute atomic E-state index is 0.129. The maximum absolute atomic E-state index is 11.5. The van der Waals surface area contributed by atoms with Crippen molar-refractivity contribution in [1.29, 1.82) is 0 Å². The molecule has 0 spiro atoms. The van der Waals surface area contributed by atoms with Gasteiger partial charge in [-0.05, 0) is 12.1 Å². The van der Waals surface area contributed by atoms with Crippen molar-refractivity contribution >= 4 is 17.0 Å². The number of carbonyl (C=O) groups excluding carboxylic acids is 1. The van der Waals surface area contributed by atoms with Crippen LogP contribution in [0.4, 0.5) is 0 Å². The van der Waals surface area contributed by atoms with Crippen molar-refractivity contribution in [2.75, 3.05) is 6.54 Å². The first-order valence-corrected chi connectivity index (χ1v) is 5.66. The van der Waals surface area contributed by atoms with Crippen LogP contribution in [0.2, 0.25) is 0 Å². The lowest BCUT2D eigenvalue weighted by Gasteiger charge is -2.15. The van der Waals surface area contributed by atoms with E-state index in [1.54, 1.807) is 24.3 Å². The fourth-order valence-corrected chi connectivity index (χ4v) is 1.22. The van der Waals surface area contributed by atoms with Gasteiger partial charge in [-0.2, -0.15) is 0 Å².